The summed E-state index contributed by atoms with van der Waals surface area (Å²) in [6.45, 7) is 3.53. The number of nitro benzene ring substituents is 1. The zero-order chi connectivity index (χ0) is 17.6. The van der Waals surface area contributed by atoms with Gasteiger partial charge in [0.2, 0.25) is 5.91 Å². The molecule has 1 amide bonds. The third-order valence-electron chi connectivity index (χ3n) is 4.18. The predicted molar refractivity (Wildman–Crippen MR) is 92.7 cm³/mol. The number of nitro groups is 1. The smallest absolute Gasteiger partial charge is 0.276 e. The van der Waals surface area contributed by atoms with Gasteiger partial charge < -0.3 is 9.32 Å². The van der Waals surface area contributed by atoms with Crippen molar-refractivity contribution in [3.63, 3.8) is 0 Å². The van der Waals surface area contributed by atoms with Gasteiger partial charge in [-0.2, -0.15) is 0 Å². The average molecular weight is 341 g/mol. The van der Waals surface area contributed by atoms with Crippen LogP contribution in [0.25, 0.3) is 6.08 Å². The fourth-order valence-electron chi connectivity index (χ4n) is 2.81. The van der Waals surface area contributed by atoms with Gasteiger partial charge in [0.25, 0.3) is 5.69 Å². The molecule has 0 aliphatic carbocycles. The molecular formula is C18H19N3O4. The van der Waals surface area contributed by atoms with Crippen LogP contribution in [0, 0.1) is 10.1 Å². The summed E-state index contributed by atoms with van der Waals surface area (Å²) in [4.78, 5) is 26.8. The van der Waals surface area contributed by atoms with Gasteiger partial charge in [0.15, 0.2) is 0 Å². The van der Waals surface area contributed by atoms with Crippen LogP contribution in [-0.2, 0) is 11.3 Å². The van der Waals surface area contributed by atoms with Crippen LogP contribution in [0.5, 0.6) is 0 Å². The molecule has 0 N–H and O–H groups in total. The molecule has 1 aliphatic rings. The Labute approximate surface area is 145 Å². The molecule has 0 atom stereocenters. The minimum atomic E-state index is -0.447. The molecule has 1 aromatic carbocycles. The Hall–Kier alpha value is -2.93. The minimum absolute atomic E-state index is 0.00480. The predicted octanol–water partition coefficient (Wildman–Crippen LogP) is 2.55. The van der Waals surface area contributed by atoms with Crippen molar-refractivity contribution >= 4 is 17.7 Å². The molecule has 1 aliphatic heterocycles. The first-order valence-corrected chi connectivity index (χ1v) is 8.08. The highest BCUT2D eigenvalue weighted by Gasteiger charge is 2.20. The quantitative estimate of drug-likeness (QED) is 0.474. The number of piperazine rings is 1. The van der Waals surface area contributed by atoms with Crippen molar-refractivity contribution in [1.82, 2.24) is 9.80 Å². The lowest BCUT2D eigenvalue weighted by molar-refractivity contribution is -0.385. The first-order valence-electron chi connectivity index (χ1n) is 8.08. The lowest BCUT2D eigenvalue weighted by atomic mass is 10.1. The summed E-state index contributed by atoms with van der Waals surface area (Å²) in [5.74, 6) is 0.784. The lowest BCUT2D eigenvalue weighted by Crippen LogP contribution is -2.47. The SMILES string of the molecule is O=C(/C=C/c1ccccc1[N+](=O)[O-])N1CCN(Cc2ccco2)CC1. The number of amides is 1. The monoisotopic (exact) mass is 341 g/mol. The van der Waals surface area contributed by atoms with Gasteiger partial charge in [-0.3, -0.25) is 19.8 Å². The largest absolute Gasteiger partial charge is 0.468 e. The highest BCUT2D eigenvalue weighted by molar-refractivity contribution is 5.92. The van der Waals surface area contributed by atoms with Gasteiger partial charge in [-0.15, -0.1) is 0 Å². The van der Waals surface area contributed by atoms with Crippen molar-refractivity contribution in [2.24, 2.45) is 0 Å². The Morgan fingerprint density at radius 2 is 1.92 bits per heavy atom. The topological polar surface area (TPSA) is 79.8 Å². The molecule has 0 spiro atoms. The van der Waals surface area contributed by atoms with E-state index in [1.807, 2.05) is 12.1 Å². The van der Waals surface area contributed by atoms with E-state index in [0.29, 0.717) is 18.7 Å². The van der Waals surface area contributed by atoms with Crippen LogP contribution < -0.4 is 0 Å². The maximum absolute atomic E-state index is 12.3. The van der Waals surface area contributed by atoms with Crippen LogP contribution in [0.4, 0.5) is 5.69 Å². The van der Waals surface area contributed by atoms with Crippen LogP contribution in [0.1, 0.15) is 11.3 Å². The zero-order valence-corrected chi connectivity index (χ0v) is 13.7. The highest BCUT2D eigenvalue weighted by atomic mass is 16.6. The highest BCUT2D eigenvalue weighted by Crippen LogP contribution is 2.19. The van der Waals surface area contributed by atoms with E-state index in [1.165, 1.54) is 18.2 Å². The average Bonchev–Trinajstić information content (AvgIpc) is 3.13. The van der Waals surface area contributed by atoms with E-state index in [1.54, 1.807) is 29.4 Å². The molecule has 7 nitrogen and oxygen atoms in total. The van der Waals surface area contributed by atoms with Crippen molar-refractivity contribution in [1.29, 1.82) is 0 Å². The molecule has 3 rings (SSSR count). The summed E-state index contributed by atoms with van der Waals surface area (Å²) in [5.41, 5.74) is 0.423. The third-order valence-corrected chi connectivity index (χ3v) is 4.18. The summed E-state index contributed by atoms with van der Waals surface area (Å²) >= 11 is 0. The van der Waals surface area contributed by atoms with Crippen LogP contribution in [0.15, 0.2) is 53.2 Å². The van der Waals surface area contributed by atoms with Crippen molar-refractivity contribution in [3.8, 4) is 0 Å². The first-order chi connectivity index (χ1) is 12.1. The second-order valence-electron chi connectivity index (χ2n) is 5.83. The van der Waals surface area contributed by atoms with E-state index in [0.717, 1.165) is 25.4 Å². The summed E-state index contributed by atoms with van der Waals surface area (Å²) in [7, 11) is 0. The number of nitrogens with zero attached hydrogens (tertiary/aromatic N) is 3. The molecule has 1 fully saturated rings. The molecular weight excluding hydrogens is 322 g/mol. The van der Waals surface area contributed by atoms with Gasteiger partial charge in [-0.25, -0.2) is 0 Å². The Morgan fingerprint density at radius 1 is 1.16 bits per heavy atom. The molecule has 0 radical (unpaired) electrons. The Bertz CT molecular complexity index is 762. The van der Waals surface area contributed by atoms with Gasteiger partial charge in [-0.05, 0) is 24.3 Å². The van der Waals surface area contributed by atoms with Crippen LogP contribution in [-0.4, -0.2) is 46.8 Å². The maximum atomic E-state index is 12.3. The Kier molecular flexibility index (Phi) is 5.25. The molecule has 0 saturated carbocycles. The van der Waals surface area contributed by atoms with E-state index in [9.17, 15) is 14.9 Å². The van der Waals surface area contributed by atoms with Crippen molar-refractivity contribution < 1.29 is 14.1 Å². The van der Waals surface area contributed by atoms with E-state index in [4.69, 9.17) is 4.42 Å². The van der Waals surface area contributed by atoms with Gasteiger partial charge in [0.1, 0.15) is 5.76 Å². The third kappa shape index (κ3) is 4.33. The summed E-state index contributed by atoms with van der Waals surface area (Å²) in [6, 6.07) is 10.2. The molecule has 25 heavy (non-hydrogen) atoms. The molecule has 0 bridgehead atoms. The molecule has 1 saturated heterocycles. The molecule has 2 aromatic rings. The number of furan rings is 1. The van der Waals surface area contributed by atoms with Crippen LogP contribution in [0.2, 0.25) is 0 Å². The second-order valence-corrected chi connectivity index (χ2v) is 5.83. The molecule has 2 heterocycles. The Balaban J connectivity index is 1.55. The van der Waals surface area contributed by atoms with Gasteiger partial charge in [0.05, 0.1) is 23.3 Å². The number of carbonyl (C=O) groups excluding carboxylic acids is 1. The normalized spacial score (nSPS) is 15.6. The first kappa shape index (κ1) is 16.9. The van der Waals surface area contributed by atoms with Gasteiger partial charge >= 0.3 is 0 Å². The summed E-state index contributed by atoms with van der Waals surface area (Å²) in [5, 5.41) is 11.0. The van der Waals surface area contributed by atoms with Crippen molar-refractivity contribution in [3.05, 3.63) is 70.2 Å². The molecule has 0 unspecified atom stereocenters. The Morgan fingerprint density at radius 3 is 2.60 bits per heavy atom. The van der Waals surface area contributed by atoms with E-state index in [2.05, 4.69) is 4.90 Å². The zero-order valence-electron chi connectivity index (χ0n) is 13.7. The van der Waals surface area contributed by atoms with Gasteiger partial charge in [-0.1, -0.05) is 12.1 Å². The van der Waals surface area contributed by atoms with E-state index in [-0.39, 0.29) is 11.6 Å². The van der Waals surface area contributed by atoms with Crippen molar-refractivity contribution in [2.45, 2.75) is 6.54 Å². The second kappa shape index (κ2) is 7.76. The number of para-hydroxylation sites is 1. The molecule has 7 heteroatoms. The minimum Gasteiger partial charge on any atom is -0.468 e. The van der Waals surface area contributed by atoms with Crippen molar-refractivity contribution in [2.75, 3.05) is 26.2 Å². The standard InChI is InChI=1S/C18H19N3O4/c22-18(8-7-15-4-1-2-6-17(15)21(23)24)20-11-9-19(10-12-20)14-16-5-3-13-25-16/h1-8,13H,9-12,14H2/b8-7+. The number of carbonyl (C=O) groups is 1. The summed E-state index contributed by atoms with van der Waals surface area (Å²) < 4.78 is 5.34. The van der Waals surface area contributed by atoms with E-state index < -0.39 is 4.92 Å². The number of hydrogen-bond donors (Lipinski definition) is 0. The van der Waals surface area contributed by atoms with Gasteiger partial charge in [0, 0.05) is 38.3 Å². The molecule has 130 valence electrons. The van der Waals surface area contributed by atoms with E-state index >= 15 is 0 Å². The number of rotatable bonds is 5. The maximum Gasteiger partial charge on any atom is 0.276 e. The fraction of sp³-hybridized carbons (Fsp3) is 0.278. The van der Waals surface area contributed by atoms with Crippen LogP contribution in [0.3, 0.4) is 0 Å². The lowest BCUT2D eigenvalue weighted by Gasteiger charge is -2.33. The fourth-order valence-corrected chi connectivity index (χ4v) is 2.81. The van der Waals surface area contributed by atoms with Crippen LogP contribution >= 0.6 is 0 Å². The molecule has 1 aromatic heterocycles. The number of hydrogen-bond acceptors (Lipinski definition) is 5. The summed E-state index contributed by atoms with van der Waals surface area (Å²) in [6.07, 6.45) is 4.57. The number of benzene rings is 1.